The fraction of sp³-hybridized carbons (Fsp3) is 0.348. The van der Waals surface area contributed by atoms with Crippen molar-refractivity contribution >= 4 is 11.7 Å². The minimum absolute atomic E-state index is 0.113. The van der Waals surface area contributed by atoms with Gasteiger partial charge in [-0.3, -0.25) is 9.78 Å². The number of fused-ring (bicyclic) bond motifs is 1. The van der Waals surface area contributed by atoms with E-state index in [1.807, 2.05) is 18.2 Å². The molecule has 6 heteroatoms. The van der Waals surface area contributed by atoms with Crippen LogP contribution in [0.5, 0.6) is 0 Å². The van der Waals surface area contributed by atoms with Gasteiger partial charge in [0.1, 0.15) is 5.82 Å². The highest BCUT2D eigenvalue weighted by Crippen LogP contribution is 2.44. The van der Waals surface area contributed by atoms with Crippen molar-refractivity contribution in [3.05, 3.63) is 77.4 Å². The van der Waals surface area contributed by atoms with Gasteiger partial charge in [-0.05, 0) is 48.4 Å². The molecule has 2 aromatic heterocycles. The lowest BCUT2D eigenvalue weighted by Crippen LogP contribution is -2.41. The first-order valence-corrected chi connectivity index (χ1v) is 9.93. The number of carbonyl (C=O) groups excluding carboxylic acids is 1. The monoisotopic (exact) mass is 389 g/mol. The summed E-state index contributed by atoms with van der Waals surface area (Å²) >= 11 is 0. The van der Waals surface area contributed by atoms with Gasteiger partial charge in [0.2, 0.25) is 0 Å². The molecule has 2 aliphatic rings. The number of anilines is 1. The van der Waals surface area contributed by atoms with Gasteiger partial charge in [0.05, 0.1) is 5.56 Å². The zero-order valence-corrected chi connectivity index (χ0v) is 17.1. The summed E-state index contributed by atoms with van der Waals surface area (Å²) in [7, 11) is 0. The highest BCUT2D eigenvalue weighted by atomic mass is 16.1. The van der Waals surface area contributed by atoms with Gasteiger partial charge in [-0.15, -0.1) is 0 Å². The van der Waals surface area contributed by atoms with Crippen LogP contribution in [0.2, 0.25) is 0 Å². The maximum absolute atomic E-state index is 13.0. The Morgan fingerprint density at radius 3 is 2.72 bits per heavy atom. The molecule has 2 aromatic rings. The summed E-state index contributed by atoms with van der Waals surface area (Å²) in [5, 5.41) is 9.97. The van der Waals surface area contributed by atoms with Crippen molar-refractivity contribution < 1.29 is 4.79 Å². The summed E-state index contributed by atoms with van der Waals surface area (Å²) in [5.41, 5.74) is 3.93. The first kappa shape index (κ1) is 19.3. The predicted octanol–water partition coefficient (Wildman–Crippen LogP) is 3.42. The van der Waals surface area contributed by atoms with Gasteiger partial charge in [-0.1, -0.05) is 19.9 Å². The van der Waals surface area contributed by atoms with Crippen molar-refractivity contribution in [1.29, 1.82) is 0 Å². The van der Waals surface area contributed by atoms with Crippen molar-refractivity contribution in [2.45, 2.75) is 39.3 Å². The molecule has 1 aliphatic carbocycles. The van der Waals surface area contributed by atoms with Gasteiger partial charge in [0, 0.05) is 54.8 Å². The van der Waals surface area contributed by atoms with E-state index in [1.54, 1.807) is 30.7 Å². The smallest absolute Gasteiger partial charge is 0.259 e. The Morgan fingerprint density at radius 1 is 1.14 bits per heavy atom. The van der Waals surface area contributed by atoms with E-state index in [2.05, 4.69) is 52.8 Å². The normalized spacial score (nSPS) is 22.3. The van der Waals surface area contributed by atoms with Gasteiger partial charge in [0.25, 0.3) is 5.91 Å². The van der Waals surface area contributed by atoms with Gasteiger partial charge in [-0.25, -0.2) is 4.98 Å². The van der Waals surface area contributed by atoms with Crippen LogP contribution >= 0.6 is 0 Å². The largest absolute Gasteiger partial charge is 0.365 e. The molecule has 4 rings (SSSR count). The minimum Gasteiger partial charge on any atom is -0.365 e. The molecule has 0 radical (unpaired) electrons. The minimum atomic E-state index is -0.153. The van der Waals surface area contributed by atoms with E-state index < -0.39 is 0 Å². The fourth-order valence-corrected chi connectivity index (χ4v) is 4.26. The van der Waals surface area contributed by atoms with Crippen molar-refractivity contribution in [2.75, 3.05) is 11.9 Å². The second kappa shape index (κ2) is 7.44. The molecule has 1 aliphatic heterocycles. The summed E-state index contributed by atoms with van der Waals surface area (Å²) in [4.78, 5) is 21.4. The molecular formula is C23H27N5O. The first-order valence-electron chi connectivity index (χ1n) is 9.93. The van der Waals surface area contributed by atoms with E-state index in [9.17, 15) is 4.79 Å². The number of rotatable bonds is 5. The third-order valence-corrected chi connectivity index (χ3v) is 5.78. The molecule has 0 aromatic carbocycles. The predicted molar refractivity (Wildman–Crippen MR) is 114 cm³/mol. The highest BCUT2D eigenvalue weighted by Gasteiger charge is 2.45. The van der Waals surface area contributed by atoms with E-state index in [-0.39, 0.29) is 16.9 Å². The molecule has 3 N–H and O–H groups in total. The average Bonchev–Trinajstić information content (AvgIpc) is 2.96. The molecular weight excluding hydrogens is 362 g/mol. The lowest BCUT2D eigenvalue weighted by molar-refractivity contribution is 0.0964. The first-order chi connectivity index (χ1) is 13.9. The van der Waals surface area contributed by atoms with Gasteiger partial charge >= 0.3 is 0 Å². The van der Waals surface area contributed by atoms with Crippen LogP contribution in [0.25, 0.3) is 0 Å². The third-order valence-electron chi connectivity index (χ3n) is 5.78. The molecule has 0 spiro atoms. The summed E-state index contributed by atoms with van der Waals surface area (Å²) < 4.78 is 0. The molecule has 1 fully saturated rings. The standard InChI is InChI=1S/C23H27N5O/c1-22(2)15-27-23(3)13-17(6-7-19(22)23)28-21(29)18-5-4-10-25-20(18)26-14-16-8-11-24-12-9-16/h4-12,27H,13-15H2,1-3H3,(H,25,26)(H,28,29). The molecule has 0 saturated carbocycles. The number of hydrogen-bond donors (Lipinski definition) is 3. The molecule has 29 heavy (non-hydrogen) atoms. The Bertz CT molecular complexity index is 980. The maximum atomic E-state index is 13.0. The van der Waals surface area contributed by atoms with Crippen molar-refractivity contribution in [2.24, 2.45) is 5.41 Å². The second-order valence-corrected chi connectivity index (χ2v) is 8.58. The second-order valence-electron chi connectivity index (χ2n) is 8.58. The number of nitrogens with zero attached hydrogens (tertiary/aromatic N) is 2. The van der Waals surface area contributed by atoms with Crippen molar-refractivity contribution in [1.82, 2.24) is 20.6 Å². The molecule has 1 amide bonds. The van der Waals surface area contributed by atoms with E-state index in [0.29, 0.717) is 17.9 Å². The Balaban J connectivity index is 1.48. The van der Waals surface area contributed by atoms with Crippen molar-refractivity contribution in [3.8, 4) is 0 Å². The van der Waals surface area contributed by atoms with Crippen LogP contribution in [0, 0.1) is 5.41 Å². The molecule has 150 valence electrons. The third kappa shape index (κ3) is 3.93. The molecule has 1 saturated heterocycles. The van der Waals surface area contributed by atoms with E-state index in [4.69, 9.17) is 0 Å². The SMILES string of the molecule is CC1(C)CNC2(C)CC(NC(=O)c3cccnc3NCc3ccncc3)=CC=C12. The Kier molecular flexibility index (Phi) is 4.96. The van der Waals surface area contributed by atoms with Crippen molar-refractivity contribution in [3.63, 3.8) is 0 Å². The Labute approximate surface area is 171 Å². The number of allylic oxidation sites excluding steroid dienone is 2. The number of pyridine rings is 2. The van der Waals surface area contributed by atoms with Crippen LogP contribution in [-0.2, 0) is 6.54 Å². The van der Waals surface area contributed by atoms with Crippen LogP contribution in [-0.4, -0.2) is 28.0 Å². The molecule has 1 atom stereocenters. The number of carbonyl (C=O) groups is 1. The van der Waals surface area contributed by atoms with Crippen LogP contribution in [0.1, 0.15) is 43.1 Å². The summed E-state index contributed by atoms with van der Waals surface area (Å²) in [6.45, 7) is 8.23. The topological polar surface area (TPSA) is 78.9 Å². The molecule has 0 bridgehead atoms. The Morgan fingerprint density at radius 2 is 1.93 bits per heavy atom. The molecule has 6 nitrogen and oxygen atoms in total. The average molecular weight is 390 g/mol. The highest BCUT2D eigenvalue weighted by molar-refractivity contribution is 5.99. The van der Waals surface area contributed by atoms with E-state index in [0.717, 1.165) is 24.2 Å². The fourth-order valence-electron chi connectivity index (χ4n) is 4.26. The zero-order chi connectivity index (χ0) is 20.5. The van der Waals surface area contributed by atoms with Crippen LogP contribution in [0.3, 0.4) is 0 Å². The van der Waals surface area contributed by atoms with Gasteiger partial charge < -0.3 is 16.0 Å². The molecule has 3 heterocycles. The van der Waals surface area contributed by atoms with Crippen LogP contribution in [0.4, 0.5) is 5.82 Å². The lowest BCUT2D eigenvalue weighted by atomic mass is 9.74. The van der Waals surface area contributed by atoms with Gasteiger partial charge in [-0.2, -0.15) is 0 Å². The maximum Gasteiger partial charge on any atom is 0.259 e. The number of aromatic nitrogens is 2. The summed E-state index contributed by atoms with van der Waals surface area (Å²) in [6.07, 6.45) is 10.1. The van der Waals surface area contributed by atoms with Crippen LogP contribution < -0.4 is 16.0 Å². The number of hydrogen-bond acceptors (Lipinski definition) is 5. The van der Waals surface area contributed by atoms with Gasteiger partial charge in [0.15, 0.2) is 0 Å². The lowest BCUT2D eigenvalue weighted by Gasteiger charge is -2.34. The van der Waals surface area contributed by atoms with E-state index in [1.165, 1.54) is 5.57 Å². The Hall–Kier alpha value is -2.99. The summed E-state index contributed by atoms with van der Waals surface area (Å²) in [6, 6.07) is 7.44. The zero-order valence-electron chi connectivity index (χ0n) is 17.1. The quantitative estimate of drug-likeness (QED) is 0.730. The van der Waals surface area contributed by atoms with Crippen LogP contribution in [0.15, 0.2) is 66.3 Å². The molecule has 1 unspecified atom stereocenters. The van der Waals surface area contributed by atoms with E-state index >= 15 is 0 Å². The summed E-state index contributed by atoms with van der Waals surface area (Å²) in [5.74, 6) is 0.417. The number of amides is 1. The number of nitrogens with one attached hydrogen (secondary N) is 3.